The van der Waals surface area contributed by atoms with Crippen LogP contribution in [0.1, 0.15) is 20.8 Å². The van der Waals surface area contributed by atoms with Gasteiger partial charge in [0.05, 0.1) is 0 Å². The number of esters is 1. The predicted octanol–water partition coefficient (Wildman–Crippen LogP) is 1.66. The summed E-state index contributed by atoms with van der Waals surface area (Å²) in [5, 5.41) is 0. The van der Waals surface area contributed by atoms with Crippen molar-refractivity contribution in [3.63, 3.8) is 0 Å². The van der Waals surface area contributed by atoms with E-state index >= 15 is 0 Å². The SMILES string of the molecule is C[CH][CH][CH][CH][C@H](C)OC(C)=O.[C-]#[O+].[C-]#[O+].[C-]#[O+].[Fe]. The third kappa shape index (κ3) is 45.6. The van der Waals surface area contributed by atoms with Crippen molar-refractivity contribution in [3.8, 4) is 0 Å². The quantitative estimate of drug-likeness (QED) is 0.254. The van der Waals surface area contributed by atoms with E-state index < -0.39 is 0 Å². The van der Waals surface area contributed by atoms with E-state index in [-0.39, 0.29) is 29.1 Å². The smallest absolute Gasteiger partial charge is 0 e. The fourth-order valence-corrected chi connectivity index (χ4v) is 0.633. The van der Waals surface area contributed by atoms with E-state index in [0.717, 1.165) is 0 Å². The van der Waals surface area contributed by atoms with Crippen molar-refractivity contribution in [1.29, 1.82) is 0 Å². The van der Waals surface area contributed by atoms with E-state index in [9.17, 15) is 4.79 Å². The molecule has 0 aromatic carbocycles. The first-order valence-corrected chi connectivity index (χ1v) is 4.24. The van der Waals surface area contributed by atoms with Crippen molar-refractivity contribution >= 4 is 5.97 Å². The molecule has 100 valence electrons. The van der Waals surface area contributed by atoms with Crippen LogP contribution in [0.4, 0.5) is 0 Å². The van der Waals surface area contributed by atoms with Gasteiger partial charge >= 0.3 is 39.9 Å². The van der Waals surface area contributed by atoms with Gasteiger partial charge < -0.3 is 4.74 Å². The Bertz CT molecular complexity index is 196. The number of hydrogen-bond donors (Lipinski definition) is 0. The van der Waals surface area contributed by atoms with E-state index in [4.69, 9.17) is 18.7 Å². The summed E-state index contributed by atoms with van der Waals surface area (Å²) in [4.78, 5) is 10.4. The molecule has 0 aromatic rings. The second kappa shape index (κ2) is 36.0. The van der Waals surface area contributed by atoms with Crippen molar-refractivity contribution in [2.45, 2.75) is 26.9 Å². The molecular weight excluding hydrogens is 280 g/mol. The van der Waals surface area contributed by atoms with Crippen LogP contribution in [0.15, 0.2) is 0 Å². The second-order valence-corrected chi connectivity index (χ2v) is 2.23. The minimum absolute atomic E-state index is 0. The minimum Gasteiger partial charge on any atom is 0 e. The van der Waals surface area contributed by atoms with Gasteiger partial charge in [0.25, 0.3) is 0 Å². The summed E-state index contributed by atoms with van der Waals surface area (Å²) in [6, 6.07) is 0. The van der Waals surface area contributed by atoms with Crippen LogP contribution in [0.5, 0.6) is 0 Å². The van der Waals surface area contributed by atoms with Gasteiger partial charge in [0, 0.05) is 30.4 Å². The van der Waals surface area contributed by atoms with Crippen molar-refractivity contribution in [2.75, 3.05) is 0 Å². The number of rotatable bonds is 5. The summed E-state index contributed by atoms with van der Waals surface area (Å²) in [5.41, 5.74) is 0. The molecule has 0 saturated heterocycles. The Kier molecular flexibility index (Phi) is 60.6. The molecule has 0 N–H and O–H groups in total. The molecule has 1 atom stereocenters. The normalized spacial score (nSPS) is 8.06. The molecule has 0 aliphatic heterocycles. The average molecular weight is 294 g/mol. The monoisotopic (exact) mass is 294 g/mol. The average Bonchev–Trinajstić information content (AvgIpc) is 2.36. The zero-order valence-electron chi connectivity index (χ0n) is 10.3. The number of ether oxygens (including phenoxy) is 1. The van der Waals surface area contributed by atoms with E-state index in [2.05, 4.69) is 20.0 Å². The molecule has 18 heavy (non-hydrogen) atoms. The predicted molar refractivity (Wildman–Crippen MR) is 55.9 cm³/mol. The van der Waals surface area contributed by atoms with E-state index in [1.54, 1.807) is 0 Å². The minimum atomic E-state index is -0.248. The number of hydrogen-bond acceptors (Lipinski definition) is 2. The zero-order chi connectivity index (χ0) is 14.7. The van der Waals surface area contributed by atoms with Crippen molar-refractivity contribution in [2.24, 2.45) is 0 Å². The molecule has 0 amide bonds. The van der Waals surface area contributed by atoms with Crippen LogP contribution in [0.3, 0.4) is 0 Å². The van der Waals surface area contributed by atoms with E-state index in [1.807, 2.05) is 39.5 Å². The van der Waals surface area contributed by atoms with Crippen molar-refractivity contribution in [1.82, 2.24) is 0 Å². The molecule has 0 unspecified atom stereocenters. The van der Waals surface area contributed by atoms with Gasteiger partial charge in [0.15, 0.2) is 0 Å². The molecule has 0 aliphatic carbocycles. The maximum atomic E-state index is 10.4. The summed E-state index contributed by atoms with van der Waals surface area (Å²) < 4.78 is 27.3. The molecule has 0 spiro atoms. The van der Waals surface area contributed by atoms with E-state index in [1.165, 1.54) is 6.92 Å². The Morgan fingerprint density at radius 1 is 1.11 bits per heavy atom. The summed E-state index contributed by atoms with van der Waals surface area (Å²) in [6.07, 6.45) is 7.34. The van der Waals surface area contributed by atoms with Gasteiger partial charge in [-0.25, -0.2) is 0 Å². The molecule has 0 heterocycles. The largest absolute Gasteiger partial charge is 0 e. The fraction of sp³-hybridized carbons (Fsp3) is 0.333. The Morgan fingerprint density at radius 3 is 1.78 bits per heavy atom. The van der Waals surface area contributed by atoms with Gasteiger partial charge in [0.2, 0.25) is 0 Å². The second-order valence-electron chi connectivity index (χ2n) is 2.23. The van der Waals surface area contributed by atoms with Crippen molar-refractivity contribution in [3.05, 3.63) is 45.6 Å². The molecular formula is C12H14FeO5. The third-order valence-corrected chi connectivity index (χ3v) is 1.04. The van der Waals surface area contributed by atoms with Crippen LogP contribution in [0, 0.1) is 45.6 Å². The Hall–Kier alpha value is -0.791. The molecule has 0 saturated carbocycles. The first kappa shape index (κ1) is 30.3. The Balaban J connectivity index is -0.0000000700. The summed E-state index contributed by atoms with van der Waals surface area (Å²) in [6.45, 7) is 18.7. The maximum Gasteiger partial charge on any atom is 0 e. The van der Waals surface area contributed by atoms with Gasteiger partial charge in [-0.1, -0.05) is 6.92 Å². The van der Waals surface area contributed by atoms with Gasteiger partial charge in [-0.2, -0.15) is 0 Å². The summed E-state index contributed by atoms with van der Waals surface area (Å²) in [5.74, 6) is -0.248. The van der Waals surface area contributed by atoms with Gasteiger partial charge in [-0.3, -0.25) is 4.79 Å². The van der Waals surface area contributed by atoms with Gasteiger partial charge in [-0.15, -0.1) is 0 Å². The zero-order valence-corrected chi connectivity index (χ0v) is 11.4. The van der Waals surface area contributed by atoms with Gasteiger partial charge in [0.1, 0.15) is 6.10 Å². The molecule has 5 nitrogen and oxygen atoms in total. The fourth-order valence-electron chi connectivity index (χ4n) is 0.633. The van der Waals surface area contributed by atoms with Crippen LogP contribution in [0.2, 0.25) is 0 Å². The Morgan fingerprint density at radius 2 is 1.50 bits per heavy atom. The number of carbonyl (C=O) groups is 1. The van der Waals surface area contributed by atoms with Crippen LogP contribution >= 0.6 is 0 Å². The standard InChI is InChI=1S/C9H14O2.3CO.Fe/c1-4-5-6-7-8(2)11-9(3)10;3*1-2;/h4-8H,1-3H3;;;;/t8-;;;;/m0..../s1. The molecule has 0 rings (SSSR count). The molecule has 6 heteroatoms. The third-order valence-electron chi connectivity index (χ3n) is 1.04. The molecule has 4 radical (unpaired) electrons. The van der Waals surface area contributed by atoms with Crippen molar-refractivity contribution < 1.29 is 40.6 Å². The van der Waals surface area contributed by atoms with Crippen LogP contribution in [-0.2, 0) is 40.6 Å². The molecule has 0 bridgehead atoms. The van der Waals surface area contributed by atoms with E-state index in [0.29, 0.717) is 0 Å². The summed E-state index contributed by atoms with van der Waals surface area (Å²) in [7, 11) is 0. The first-order chi connectivity index (χ1) is 8.16. The molecule has 0 fully saturated rings. The Labute approximate surface area is 119 Å². The van der Waals surface area contributed by atoms with Gasteiger partial charge in [-0.05, 0) is 26.2 Å². The maximum absolute atomic E-state index is 10.4. The van der Waals surface area contributed by atoms with Crippen LogP contribution in [0.25, 0.3) is 0 Å². The molecule has 0 aromatic heterocycles. The summed E-state index contributed by atoms with van der Waals surface area (Å²) >= 11 is 0. The number of carbonyl (C=O) groups excluding carboxylic acids is 1. The van der Waals surface area contributed by atoms with Crippen LogP contribution in [-0.4, -0.2) is 12.1 Å². The molecule has 0 aliphatic rings. The number of unbranched alkanes of at least 4 members (excludes halogenated alkanes) is 2. The van der Waals surface area contributed by atoms with Crippen LogP contribution < -0.4 is 0 Å². The first-order valence-electron chi connectivity index (χ1n) is 4.24. The topological polar surface area (TPSA) is 86.0 Å².